The van der Waals surface area contributed by atoms with Crippen LogP contribution in [-0.2, 0) is 6.54 Å². The Morgan fingerprint density at radius 3 is 2.00 bits per heavy atom. The van der Waals surface area contributed by atoms with Crippen molar-refractivity contribution in [1.82, 2.24) is 0 Å². The zero-order valence-corrected chi connectivity index (χ0v) is 15.4. The molecule has 0 aromatic heterocycles. The third-order valence-corrected chi connectivity index (χ3v) is 4.36. The van der Waals surface area contributed by atoms with E-state index in [9.17, 15) is 10.2 Å². The van der Waals surface area contributed by atoms with Crippen LogP contribution in [0.25, 0.3) is 0 Å². The number of aryl methyl sites for hydroxylation is 2. The summed E-state index contributed by atoms with van der Waals surface area (Å²) in [5, 5.41) is 20.2. The van der Waals surface area contributed by atoms with E-state index in [-0.39, 0.29) is 11.5 Å². The normalized spacial score (nSPS) is 11.5. The Morgan fingerprint density at radius 2 is 1.33 bits per heavy atom. The van der Waals surface area contributed by atoms with Crippen molar-refractivity contribution < 1.29 is 10.2 Å². The zero-order chi connectivity index (χ0) is 19.2. The van der Waals surface area contributed by atoms with Crippen LogP contribution in [0.3, 0.4) is 0 Å². The standard InChI is InChI=1S/C23H22N2O2/c1-16-7-5-10-19(22(16)26)14-24-13-18-9-3-4-12-21(18)25-15-20-11-6-8-17(2)23(20)27/h3-12,14-15,26-27H,13H2,1-2H3. The first-order chi connectivity index (χ1) is 13.1. The van der Waals surface area contributed by atoms with Crippen molar-refractivity contribution in [3.05, 3.63) is 88.5 Å². The molecule has 2 N–H and O–H groups in total. The highest BCUT2D eigenvalue weighted by Crippen LogP contribution is 2.24. The molecule has 0 spiro atoms. The number of hydrogen-bond donors (Lipinski definition) is 2. The molecule has 3 aromatic rings. The van der Waals surface area contributed by atoms with Gasteiger partial charge in [0, 0.05) is 23.6 Å². The smallest absolute Gasteiger partial charge is 0.127 e. The first-order valence-electron chi connectivity index (χ1n) is 8.75. The van der Waals surface area contributed by atoms with Gasteiger partial charge in [0.2, 0.25) is 0 Å². The van der Waals surface area contributed by atoms with Gasteiger partial charge in [-0.15, -0.1) is 0 Å². The van der Waals surface area contributed by atoms with Gasteiger partial charge in [0.1, 0.15) is 11.5 Å². The molecule has 0 fully saturated rings. The minimum Gasteiger partial charge on any atom is -0.507 e. The van der Waals surface area contributed by atoms with Crippen LogP contribution in [0.1, 0.15) is 27.8 Å². The molecule has 4 heteroatoms. The van der Waals surface area contributed by atoms with Crippen LogP contribution in [0.5, 0.6) is 11.5 Å². The number of rotatable bonds is 5. The molecule has 3 aromatic carbocycles. The molecule has 0 aliphatic carbocycles. The fourth-order valence-corrected chi connectivity index (χ4v) is 2.72. The number of hydrogen-bond acceptors (Lipinski definition) is 4. The van der Waals surface area contributed by atoms with Crippen molar-refractivity contribution in [2.45, 2.75) is 20.4 Å². The summed E-state index contributed by atoms with van der Waals surface area (Å²) >= 11 is 0. The molecular formula is C23H22N2O2. The average Bonchev–Trinajstić information content (AvgIpc) is 2.67. The van der Waals surface area contributed by atoms with E-state index < -0.39 is 0 Å². The Labute approximate surface area is 159 Å². The molecule has 0 saturated heterocycles. The third-order valence-electron chi connectivity index (χ3n) is 4.36. The third kappa shape index (κ3) is 4.42. The average molecular weight is 358 g/mol. The molecule has 0 heterocycles. The van der Waals surface area contributed by atoms with E-state index in [1.54, 1.807) is 12.4 Å². The van der Waals surface area contributed by atoms with Gasteiger partial charge in [-0.2, -0.15) is 0 Å². The molecule has 4 nitrogen and oxygen atoms in total. The lowest BCUT2D eigenvalue weighted by Gasteiger charge is -2.05. The van der Waals surface area contributed by atoms with Crippen LogP contribution in [-0.4, -0.2) is 22.6 Å². The van der Waals surface area contributed by atoms with E-state index in [0.29, 0.717) is 17.7 Å². The predicted molar refractivity (Wildman–Crippen MR) is 111 cm³/mol. The maximum Gasteiger partial charge on any atom is 0.127 e. The Kier molecular flexibility index (Phi) is 5.67. The van der Waals surface area contributed by atoms with Gasteiger partial charge in [-0.3, -0.25) is 9.98 Å². The summed E-state index contributed by atoms with van der Waals surface area (Å²) in [7, 11) is 0. The van der Waals surface area contributed by atoms with Gasteiger partial charge < -0.3 is 10.2 Å². The van der Waals surface area contributed by atoms with Gasteiger partial charge in [-0.1, -0.05) is 42.5 Å². The summed E-state index contributed by atoms with van der Waals surface area (Å²) in [4.78, 5) is 8.98. The highest BCUT2D eigenvalue weighted by Gasteiger charge is 2.03. The predicted octanol–water partition coefficient (Wildman–Crippen LogP) is 5.08. The van der Waals surface area contributed by atoms with Crippen molar-refractivity contribution in [2.75, 3.05) is 0 Å². The number of para-hydroxylation sites is 3. The van der Waals surface area contributed by atoms with Gasteiger partial charge in [-0.05, 0) is 48.7 Å². The van der Waals surface area contributed by atoms with Gasteiger partial charge >= 0.3 is 0 Å². The minimum absolute atomic E-state index is 0.242. The van der Waals surface area contributed by atoms with Crippen LogP contribution in [0.2, 0.25) is 0 Å². The summed E-state index contributed by atoms with van der Waals surface area (Å²) < 4.78 is 0. The van der Waals surface area contributed by atoms with Gasteiger partial charge in [-0.25, -0.2) is 0 Å². The lowest BCUT2D eigenvalue weighted by atomic mass is 10.1. The Balaban J connectivity index is 1.80. The molecule has 136 valence electrons. The molecule has 0 aliphatic rings. The van der Waals surface area contributed by atoms with Crippen LogP contribution < -0.4 is 0 Å². The summed E-state index contributed by atoms with van der Waals surface area (Å²) in [6.45, 7) is 4.16. The van der Waals surface area contributed by atoms with Crippen molar-refractivity contribution in [3.63, 3.8) is 0 Å². The summed E-state index contributed by atoms with van der Waals surface area (Å²) in [6.07, 6.45) is 3.34. The first kappa shape index (κ1) is 18.4. The van der Waals surface area contributed by atoms with Crippen molar-refractivity contribution in [3.8, 4) is 11.5 Å². The van der Waals surface area contributed by atoms with Gasteiger partial charge in [0.15, 0.2) is 0 Å². The lowest BCUT2D eigenvalue weighted by molar-refractivity contribution is 0.470. The van der Waals surface area contributed by atoms with E-state index in [1.165, 1.54) is 0 Å². The fraction of sp³-hybridized carbons (Fsp3) is 0.130. The molecule has 27 heavy (non-hydrogen) atoms. The molecule has 0 aliphatic heterocycles. The number of nitrogens with zero attached hydrogens (tertiary/aromatic N) is 2. The number of phenolic OH excluding ortho intramolecular Hbond substituents is 2. The second-order valence-electron chi connectivity index (χ2n) is 6.38. The van der Waals surface area contributed by atoms with Crippen molar-refractivity contribution >= 4 is 18.1 Å². The Hall–Kier alpha value is -3.40. The summed E-state index contributed by atoms with van der Waals surface area (Å²) in [6, 6.07) is 18.9. The summed E-state index contributed by atoms with van der Waals surface area (Å²) in [5.74, 6) is 0.495. The number of benzene rings is 3. The van der Waals surface area contributed by atoms with Crippen LogP contribution in [0.4, 0.5) is 5.69 Å². The number of aromatic hydroxyl groups is 2. The van der Waals surface area contributed by atoms with Crippen LogP contribution in [0.15, 0.2) is 70.6 Å². The van der Waals surface area contributed by atoms with E-state index in [1.807, 2.05) is 74.5 Å². The molecule has 0 bridgehead atoms. The monoisotopic (exact) mass is 358 g/mol. The minimum atomic E-state index is 0.242. The number of phenols is 2. The topological polar surface area (TPSA) is 65.2 Å². The lowest BCUT2D eigenvalue weighted by Crippen LogP contribution is -1.89. The summed E-state index contributed by atoms with van der Waals surface area (Å²) in [5.41, 5.74) is 4.77. The highest BCUT2D eigenvalue weighted by molar-refractivity contribution is 5.86. The Morgan fingerprint density at radius 1 is 0.741 bits per heavy atom. The molecule has 0 unspecified atom stereocenters. The maximum atomic E-state index is 10.1. The maximum absolute atomic E-state index is 10.1. The highest BCUT2D eigenvalue weighted by atomic mass is 16.3. The Bertz CT molecular complexity index is 1010. The molecule has 0 atom stereocenters. The first-order valence-corrected chi connectivity index (χ1v) is 8.75. The second kappa shape index (κ2) is 8.32. The van der Waals surface area contributed by atoms with Gasteiger partial charge in [0.25, 0.3) is 0 Å². The molecule has 0 radical (unpaired) electrons. The van der Waals surface area contributed by atoms with Crippen LogP contribution >= 0.6 is 0 Å². The quantitative estimate of drug-likeness (QED) is 0.624. The molecular weight excluding hydrogens is 336 g/mol. The SMILES string of the molecule is Cc1cccc(C=NCc2ccccc2N=Cc2cccc(C)c2O)c1O. The largest absolute Gasteiger partial charge is 0.507 e. The number of aliphatic imine (C=N–C) groups is 2. The molecule has 0 saturated carbocycles. The second-order valence-corrected chi connectivity index (χ2v) is 6.38. The molecule has 3 rings (SSSR count). The van der Waals surface area contributed by atoms with E-state index in [4.69, 9.17) is 0 Å². The van der Waals surface area contributed by atoms with E-state index in [2.05, 4.69) is 9.98 Å². The fourth-order valence-electron chi connectivity index (χ4n) is 2.72. The van der Waals surface area contributed by atoms with E-state index in [0.717, 1.165) is 22.4 Å². The molecule has 0 amide bonds. The zero-order valence-electron chi connectivity index (χ0n) is 15.4. The van der Waals surface area contributed by atoms with E-state index >= 15 is 0 Å². The van der Waals surface area contributed by atoms with Gasteiger partial charge in [0.05, 0.1) is 12.2 Å². The van der Waals surface area contributed by atoms with Crippen molar-refractivity contribution in [1.29, 1.82) is 0 Å². The van der Waals surface area contributed by atoms with Crippen LogP contribution in [0, 0.1) is 13.8 Å². The van der Waals surface area contributed by atoms with Crippen molar-refractivity contribution in [2.24, 2.45) is 9.98 Å².